The number of ketones is 1. The predicted octanol–water partition coefficient (Wildman–Crippen LogP) is 4.20. The van der Waals surface area contributed by atoms with E-state index >= 15 is 0 Å². The predicted molar refractivity (Wildman–Crippen MR) is 117 cm³/mol. The highest BCUT2D eigenvalue weighted by atomic mass is 19.1. The molecule has 1 heterocycles. The second-order valence-corrected chi connectivity index (χ2v) is 7.06. The number of amides is 1. The Kier molecular flexibility index (Phi) is 6.07. The number of carbonyl (C=O) groups is 3. The standard InChI is InChI=1S/C25H19FN2O4/c26-20-12-6-4-11-18(20)25(31)28-15-22(29)32-24(16-8-2-1-3-9-16)23(30)19-14-27-21-13-7-5-10-17(19)21/h1-14,24,27H,15H2,(H,28,31). The number of nitrogens with one attached hydrogen (secondary N) is 2. The van der Waals surface area contributed by atoms with E-state index in [4.69, 9.17) is 4.74 Å². The molecule has 0 saturated heterocycles. The first-order chi connectivity index (χ1) is 15.5. The third-order valence-corrected chi connectivity index (χ3v) is 4.96. The number of rotatable bonds is 7. The zero-order valence-electron chi connectivity index (χ0n) is 16.9. The lowest BCUT2D eigenvalue weighted by molar-refractivity contribution is -0.146. The lowest BCUT2D eigenvalue weighted by Crippen LogP contribution is -2.33. The average Bonchev–Trinajstić information content (AvgIpc) is 3.26. The van der Waals surface area contributed by atoms with Crippen LogP contribution in [0.4, 0.5) is 4.39 Å². The van der Waals surface area contributed by atoms with Crippen molar-refractivity contribution in [3.8, 4) is 0 Å². The Morgan fingerprint density at radius 3 is 2.34 bits per heavy atom. The third-order valence-electron chi connectivity index (χ3n) is 4.96. The SMILES string of the molecule is O=C(CNC(=O)c1ccccc1F)OC(C(=O)c1c[nH]c2ccccc12)c1ccccc1. The minimum atomic E-state index is -1.20. The van der Waals surface area contributed by atoms with Crippen LogP contribution in [0.5, 0.6) is 0 Å². The second-order valence-electron chi connectivity index (χ2n) is 7.06. The van der Waals surface area contributed by atoms with Crippen molar-refractivity contribution >= 4 is 28.6 Å². The van der Waals surface area contributed by atoms with E-state index in [1.165, 1.54) is 18.2 Å². The summed E-state index contributed by atoms with van der Waals surface area (Å²) in [7, 11) is 0. The number of esters is 1. The van der Waals surface area contributed by atoms with Gasteiger partial charge >= 0.3 is 5.97 Å². The molecule has 0 aliphatic rings. The quantitative estimate of drug-likeness (QED) is 0.340. The zero-order chi connectivity index (χ0) is 22.5. The largest absolute Gasteiger partial charge is 0.448 e. The van der Waals surface area contributed by atoms with Gasteiger partial charge < -0.3 is 15.0 Å². The lowest BCUT2D eigenvalue weighted by Gasteiger charge is -2.17. The van der Waals surface area contributed by atoms with Gasteiger partial charge in [-0.15, -0.1) is 0 Å². The van der Waals surface area contributed by atoms with E-state index < -0.39 is 36.1 Å². The van der Waals surface area contributed by atoms with E-state index in [9.17, 15) is 18.8 Å². The van der Waals surface area contributed by atoms with Gasteiger partial charge in [-0.25, -0.2) is 4.39 Å². The molecule has 4 aromatic rings. The van der Waals surface area contributed by atoms with Crippen LogP contribution in [0.15, 0.2) is 85.1 Å². The molecule has 1 amide bonds. The molecule has 0 bridgehead atoms. The van der Waals surface area contributed by atoms with Gasteiger partial charge in [-0.3, -0.25) is 14.4 Å². The van der Waals surface area contributed by atoms with Crippen molar-refractivity contribution in [2.45, 2.75) is 6.10 Å². The Morgan fingerprint density at radius 1 is 0.875 bits per heavy atom. The summed E-state index contributed by atoms with van der Waals surface area (Å²) < 4.78 is 19.2. The van der Waals surface area contributed by atoms with Crippen LogP contribution in [0.25, 0.3) is 10.9 Å². The van der Waals surface area contributed by atoms with Crippen LogP contribution in [0.1, 0.15) is 32.4 Å². The average molecular weight is 430 g/mol. The zero-order valence-corrected chi connectivity index (χ0v) is 16.9. The highest BCUT2D eigenvalue weighted by Gasteiger charge is 2.28. The molecule has 0 saturated carbocycles. The fourth-order valence-electron chi connectivity index (χ4n) is 3.38. The molecule has 7 heteroatoms. The highest BCUT2D eigenvalue weighted by molar-refractivity contribution is 6.10. The highest BCUT2D eigenvalue weighted by Crippen LogP contribution is 2.27. The van der Waals surface area contributed by atoms with Crippen molar-refractivity contribution in [1.29, 1.82) is 0 Å². The fourth-order valence-corrected chi connectivity index (χ4v) is 3.38. The number of hydrogen-bond acceptors (Lipinski definition) is 4. The minimum absolute atomic E-state index is 0.185. The number of benzene rings is 3. The lowest BCUT2D eigenvalue weighted by atomic mass is 9.99. The molecule has 0 fully saturated rings. The second kappa shape index (κ2) is 9.26. The molecular formula is C25H19FN2O4. The van der Waals surface area contributed by atoms with E-state index in [1.54, 1.807) is 42.6 Å². The molecule has 160 valence electrons. The van der Waals surface area contributed by atoms with Crippen molar-refractivity contribution in [2.24, 2.45) is 0 Å². The Bertz CT molecular complexity index is 1280. The first kappa shape index (κ1) is 21.0. The Balaban J connectivity index is 1.52. The summed E-state index contributed by atoms with van der Waals surface area (Å²) in [6.07, 6.45) is 0.379. The van der Waals surface area contributed by atoms with Crippen LogP contribution in [0.2, 0.25) is 0 Å². The van der Waals surface area contributed by atoms with Gasteiger partial charge in [0.1, 0.15) is 12.4 Å². The molecular weight excluding hydrogens is 411 g/mol. The van der Waals surface area contributed by atoms with Crippen LogP contribution in [0.3, 0.4) is 0 Å². The first-order valence-electron chi connectivity index (χ1n) is 9.92. The summed E-state index contributed by atoms with van der Waals surface area (Å²) in [5.41, 5.74) is 1.48. The van der Waals surface area contributed by atoms with Crippen molar-refractivity contribution in [3.05, 3.63) is 108 Å². The number of aromatic amines is 1. The molecule has 0 radical (unpaired) electrons. The number of carbonyl (C=O) groups excluding carboxylic acids is 3. The number of fused-ring (bicyclic) bond motifs is 1. The number of halogens is 1. The van der Waals surface area contributed by atoms with Gasteiger partial charge in [-0.05, 0) is 18.2 Å². The molecule has 6 nitrogen and oxygen atoms in total. The number of Topliss-reactive ketones (excluding diaryl/α,β-unsaturated/α-hetero) is 1. The summed E-state index contributed by atoms with van der Waals surface area (Å²) in [5.74, 6) is -2.67. The molecule has 32 heavy (non-hydrogen) atoms. The van der Waals surface area contributed by atoms with Gasteiger partial charge in [-0.1, -0.05) is 60.7 Å². The normalized spacial score (nSPS) is 11.7. The van der Waals surface area contributed by atoms with Gasteiger partial charge in [0.05, 0.1) is 5.56 Å². The van der Waals surface area contributed by atoms with E-state index in [1.807, 2.05) is 18.2 Å². The van der Waals surface area contributed by atoms with Crippen LogP contribution in [-0.4, -0.2) is 29.2 Å². The van der Waals surface area contributed by atoms with E-state index in [0.717, 1.165) is 11.6 Å². The number of hydrogen-bond donors (Lipinski definition) is 2. The Labute approximate surface area is 183 Å². The van der Waals surface area contributed by atoms with Crippen molar-refractivity contribution in [3.63, 3.8) is 0 Å². The molecule has 2 N–H and O–H groups in total. The molecule has 1 atom stereocenters. The molecule has 0 spiro atoms. The summed E-state index contributed by atoms with van der Waals surface area (Å²) >= 11 is 0. The van der Waals surface area contributed by atoms with Gasteiger partial charge in [0, 0.05) is 28.2 Å². The van der Waals surface area contributed by atoms with Crippen LogP contribution in [-0.2, 0) is 9.53 Å². The van der Waals surface area contributed by atoms with Crippen LogP contribution >= 0.6 is 0 Å². The molecule has 0 aliphatic heterocycles. The summed E-state index contributed by atoms with van der Waals surface area (Å²) in [5, 5.41) is 3.04. The topological polar surface area (TPSA) is 88.3 Å². The van der Waals surface area contributed by atoms with Crippen molar-refractivity contribution in [1.82, 2.24) is 10.3 Å². The number of aromatic nitrogens is 1. The molecule has 3 aromatic carbocycles. The Morgan fingerprint density at radius 2 is 1.56 bits per heavy atom. The smallest absolute Gasteiger partial charge is 0.326 e. The molecule has 1 unspecified atom stereocenters. The van der Waals surface area contributed by atoms with Crippen LogP contribution in [0, 0.1) is 5.82 Å². The van der Waals surface area contributed by atoms with Crippen molar-refractivity contribution in [2.75, 3.05) is 6.54 Å². The van der Waals surface area contributed by atoms with Gasteiger partial charge in [0.2, 0.25) is 5.78 Å². The summed E-state index contributed by atoms with van der Waals surface area (Å²) in [4.78, 5) is 41.0. The fraction of sp³-hybridized carbons (Fsp3) is 0.0800. The first-order valence-corrected chi connectivity index (χ1v) is 9.92. The van der Waals surface area contributed by atoms with E-state index in [-0.39, 0.29) is 5.56 Å². The minimum Gasteiger partial charge on any atom is -0.448 e. The molecule has 4 rings (SSSR count). The monoisotopic (exact) mass is 430 g/mol. The van der Waals surface area contributed by atoms with Gasteiger partial charge in [0.15, 0.2) is 6.10 Å². The summed E-state index contributed by atoms with van der Waals surface area (Å²) in [6, 6.07) is 21.4. The number of H-pyrrole nitrogens is 1. The maximum Gasteiger partial charge on any atom is 0.326 e. The number of ether oxygens (including phenoxy) is 1. The van der Waals surface area contributed by atoms with Gasteiger partial charge in [-0.2, -0.15) is 0 Å². The van der Waals surface area contributed by atoms with E-state index in [2.05, 4.69) is 10.3 Å². The summed E-state index contributed by atoms with van der Waals surface area (Å²) in [6.45, 7) is -0.516. The van der Waals surface area contributed by atoms with E-state index in [0.29, 0.717) is 16.5 Å². The maximum absolute atomic E-state index is 13.8. The van der Waals surface area contributed by atoms with Crippen LogP contribution < -0.4 is 5.32 Å². The van der Waals surface area contributed by atoms with Crippen molar-refractivity contribution < 1.29 is 23.5 Å². The molecule has 1 aromatic heterocycles. The molecule has 0 aliphatic carbocycles. The number of para-hydroxylation sites is 1. The third kappa shape index (κ3) is 4.41. The Hall–Kier alpha value is -4.26. The maximum atomic E-state index is 13.8. The van der Waals surface area contributed by atoms with Gasteiger partial charge in [0.25, 0.3) is 5.91 Å².